The summed E-state index contributed by atoms with van der Waals surface area (Å²) in [6.45, 7) is 2.75. The smallest absolute Gasteiger partial charge is 0.343 e. The molecule has 1 heterocycles. The highest BCUT2D eigenvalue weighted by Crippen LogP contribution is 2.50. The van der Waals surface area contributed by atoms with Crippen LogP contribution in [0, 0.1) is 5.41 Å². The molecule has 1 fully saturated rings. The second-order valence-electron chi connectivity index (χ2n) is 4.43. The maximum absolute atomic E-state index is 11.6. The highest BCUT2D eigenvalue weighted by molar-refractivity contribution is 7.99. The lowest BCUT2D eigenvalue weighted by molar-refractivity contribution is -0.133. The van der Waals surface area contributed by atoms with Crippen molar-refractivity contribution in [2.75, 3.05) is 5.75 Å². The van der Waals surface area contributed by atoms with Gasteiger partial charge in [-0.15, -0.1) is 5.10 Å². The van der Waals surface area contributed by atoms with Gasteiger partial charge in [-0.2, -0.15) is 0 Å². The molecule has 94 valence electrons. The van der Waals surface area contributed by atoms with Crippen molar-refractivity contribution >= 4 is 17.7 Å². The van der Waals surface area contributed by atoms with Crippen LogP contribution in [0.5, 0.6) is 0 Å². The zero-order chi connectivity index (χ0) is 12.5. The Morgan fingerprint density at radius 1 is 1.65 bits per heavy atom. The van der Waals surface area contributed by atoms with Crippen LogP contribution in [0.4, 0.5) is 0 Å². The van der Waals surface area contributed by atoms with Gasteiger partial charge >= 0.3 is 11.7 Å². The van der Waals surface area contributed by atoms with E-state index in [2.05, 4.69) is 17.1 Å². The van der Waals surface area contributed by atoms with E-state index < -0.39 is 5.97 Å². The second-order valence-corrected chi connectivity index (χ2v) is 5.38. The zero-order valence-corrected chi connectivity index (χ0v) is 10.4. The van der Waals surface area contributed by atoms with E-state index in [9.17, 15) is 9.59 Å². The molecule has 1 aliphatic rings. The molecule has 0 saturated heterocycles. The molecule has 0 spiro atoms. The third-order valence-electron chi connectivity index (χ3n) is 3.25. The van der Waals surface area contributed by atoms with Gasteiger partial charge in [-0.1, -0.05) is 18.7 Å². The van der Waals surface area contributed by atoms with E-state index in [1.807, 2.05) is 0 Å². The van der Waals surface area contributed by atoms with Gasteiger partial charge in [0.25, 0.3) is 0 Å². The van der Waals surface area contributed by atoms with Crippen LogP contribution >= 0.6 is 11.8 Å². The Morgan fingerprint density at radius 3 is 2.88 bits per heavy atom. The predicted molar refractivity (Wildman–Crippen MR) is 63.2 cm³/mol. The molecule has 0 radical (unpaired) electrons. The topological polar surface area (TPSA) is 88.0 Å². The van der Waals surface area contributed by atoms with Gasteiger partial charge in [0, 0.05) is 6.54 Å². The Kier molecular flexibility index (Phi) is 3.28. The average Bonchev–Trinajstić information content (AvgIpc) is 2.99. The molecular weight excluding hydrogens is 242 g/mol. The molecule has 0 aromatic carbocycles. The van der Waals surface area contributed by atoms with Gasteiger partial charge in [0.05, 0.1) is 5.75 Å². The molecule has 7 heteroatoms. The number of nitrogens with zero attached hydrogens (tertiary/aromatic N) is 2. The molecular formula is C10H15N3O3S. The largest absolute Gasteiger partial charge is 0.481 e. The summed E-state index contributed by atoms with van der Waals surface area (Å²) in [5.74, 6) is -0.989. The van der Waals surface area contributed by atoms with Crippen LogP contribution in [0.3, 0.4) is 0 Å². The van der Waals surface area contributed by atoms with Crippen molar-refractivity contribution in [3.05, 3.63) is 10.5 Å². The van der Waals surface area contributed by atoms with Crippen molar-refractivity contribution in [2.45, 2.75) is 37.9 Å². The molecule has 6 nitrogen and oxygen atoms in total. The van der Waals surface area contributed by atoms with Crippen LogP contribution in [-0.4, -0.2) is 31.6 Å². The third kappa shape index (κ3) is 2.71. The lowest BCUT2D eigenvalue weighted by Crippen LogP contribution is -2.23. The molecule has 17 heavy (non-hydrogen) atoms. The number of rotatable bonds is 6. The molecule has 0 unspecified atom stereocenters. The van der Waals surface area contributed by atoms with Crippen LogP contribution < -0.4 is 5.69 Å². The van der Waals surface area contributed by atoms with Gasteiger partial charge in [-0.3, -0.25) is 9.36 Å². The number of aromatic nitrogens is 3. The van der Waals surface area contributed by atoms with E-state index in [1.54, 1.807) is 4.57 Å². The minimum absolute atomic E-state index is 0.0799. The second kappa shape index (κ2) is 4.56. The number of thioether (sulfide) groups is 1. The molecule has 0 atom stereocenters. The summed E-state index contributed by atoms with van der Waals surface area (Å²) in [6.07, 6.45) is 3.29. The fraction of sp³-hybridized carbons (Fsp3) is 0.700. The minimum atomic E-state index is -0.909. The van der Waals surface area contributed by atoms with Gasteiger partial charge in [-0.25, -0.2) is 9.89 Å². The minimum Gasteiger partial charge on any atom is -0.481 e. The van der Waals surface area contributed by atoms with Gasteiger partial charge < -0.3 is 5.11 Å². The summed E-state index contributed by atoms with van der Waals surface area (Å²) in [5, 5.41) is 15.3. The average molecular weight is 257 g/mol. The summed E-state index contributed by atoms with van der Waals surface area (Å²) < 4.78 is 1.56. The predicted octanol–water partition coefficient (Wildman–Crippen LogP) is 0.938. The standard InChI is InChI=1S/C10H15N3O3S/c1-2-10(3-4-10)6-13-8(16)11-12-9(13)17-5-7(14)15/h2-6H2,1H3,(H,11,16)(H,14,15). The SMILES string of the molecule is CCC1(Cn2c(SCC(=O)O)n[nH]c2=O)CC1. The highest BCUT2D eigenvalue weighted by Gasteiger charge is 2.41. The first kappa shape index (κ1) is 12.2. The Hall–Kier alpha value is -1.24. The van der Waals surface area contributed by atoms with E-state index in [4.69, 9.17) is 5.11 Å². The summed E-state index contributed by atoms with van der Waals surface area (Å²) in [4.78, 5) is 22.1. The summed E-state index contributed by atoms with van der Waals surface area (Å²) in [5.41, 5.74) is -0.0238. The Morgan fingerprint density at radius 2 is 2.35 bits per heavy atom. The fourth-order valence-electron chi connectivity index (χ4n) is 1.81. The Bertz CT molecular complexity index is 475. The number of H-pyrrole nitrogens is 1. The monoisotopic (exact) mass is 257 g/mol. The Balaban J connectivity index is 2.12. The van der Waals surface area contributed by atoms with Crippen LogP contribution in [0.25, 0.3) is 0 Å². The van der Waals surface area contributed by atoms with Gasteiger partial charge in [0.1, 0.15) is 0 Å². The number of carbonyl (C=O) groups is 1. The van der Waals surface area contributed by atoms with Crippen LogP contribution in [0.1, 0.15) is 26.2 Å². The molecule has 1 aromatic heterocycles. The van der Waals surface area contributed by atoms with Crippen LogP contribution in [0.2, 0.25) is 0 Å². The summed E-state index contributed by atoms with van der Waals surface area (Å²) >= 11 is 1.08. The van der Waals surface area contributed by atoms with E-state index in [0.717, 1.165) is 31.0 Å². The molecule has 2 N–H and O–H groups in total. The van der Waals surface area contributed by atoms with Crippen molar-refractivity contribution in [3.63, 3.8) is 0 Å². The van der Waals surface area contributed by atoms with Gasteiger partial charge in [0.15, 0.2) is 5.16 Å². The van der Waals surface area contributed by atoms with Crippen LogP contribution in [0.15, 0.2) is 9.95 Å². The van der Waals surface area contributed by atoms with Crippen molar-refractivity contribution in [2.24, 2.45) is 5.41 Å². The molecule has 0 amide bonds. The number of carboxylic acids is 1. The zero-order valence-electron chi connectivity index (χ0n) is 9.60. The van der Waals surface area contributed by atoms with Gasteiger partial charge in [0.2, 0.25) is 0 Å². The molecule has 1 aromatic rings. The number of hydrogen-bond acceptors (Lipinski definition) is 4. The quantitative estimate of drug-likeness (QED) is 0.740. The maximum atomic E-state index is 11.6. The summed E-state index contributed by atoms with van der Waals surface area (Å²) in [7, 11) is 0. The molecule has 0 bridgehead atoms. The van der Waals surface area contributed by atoms with Gasteiger partial charge in [-0.05, 0) is 24.7 Å². The summed E-state index contributed by atoms with van der Waals surface area (Å²) in [6, 6.07) is 0. The number of nitrogens with one attached hydrogen (secondary N) is 1. The number of hydrogen-bond donors (Lipinski definition) is 2. The molecule has 1 saturated carbocycles. The number of aromatic amines is 1. The third-order valence-corrected chi connectivity index (χ3v) is 4.21. The number of aliphatic carboxylic acids is 1. The highest BCUT2D eigenvalue weighted by atomic mass is 32.2. The van der Waals surface area contributed by atoms with Crippen LogP contribution in [-0.2, 0) is 11.3 Å². The lowest BCUT2D eigenvalue weighted by Gasteiger charge is -2.13. The molecule has 2 rings (SSSR count). The first-order valence-corrected chi connectivity index (χ1v) is 6.55. The molecule has 1 aliphatic carbocycles. The lowest BCUT2D eigenvalue weighted by atomic mass is 10.0. The first-order valence-electron chi connectivity index (χ1n) is 5.56. The van der Waals surface area contributed by atoms with Crippen molar-refractivity contribution in [1.82, 2.24) is 14.8 Å². The maximum Gasteiger partial charge on any atom is 0.343 e. The Labute approximate surface area is 102 Å². The normalized spacial score (nSPS) is 17.0. The van der Waals surface area contributed by atoms with E-state index in [1.165, 1.54) is 0 Å². The number of carboxylic acid groups (broad SMARTS) is 1. The van der Waals surface area contributed by atoms with E-state index in [-0.39, 0.29) is 16.9 Å². The first-order chi connectivity index (χ1) is 8.06. The van der Waals surface area contributed by atoms with Crippen molar-refractivity contribution in [3.8, 4) is 0 Å². The van der Waals surface area contributed by atoms with E-state index in [0.29, 0.717) is 11.7 Å². The van der Waals surface area contributed by atoms with E-state index >= 15 is 0 Å². The fourth-order valence-corrected chi connectivity index (χ4v) is 2.48. The molecule has 0 aliphatic heterocycles. The van der Waals surface area contributed by atoms with Crippen molar-refractivity contribution < 1.29 is 9.90 Å². The van der Waals surface area contributed by atoms with Crippen molar-refractivity contribution in [1.29, 1.82) is 0 Å².